The molecule has 250 valence electrons. The van der Waals surface area contributed by atoms with E-state index >= 15 is 4.39 Å². The number of benzene rings is 1. The van der Waals surface area contributed by atoms with Gasteiger partial charge < -0.3 is 23.8 Å². The fraction of sp³-hybridized carbons (Fsp3) is 0.516. The van der Waals surface area contributed by atoms with E-state index in [4.69, 9.17) is 18.9 Å². The number of hydrogen-bond acceptors (Lipinski definition) is 9. The van der Waals surface area contributed by atoms with Crippen molar-refractivity contribution in [3.8, 4) is 11.6 Å². The van der Waals surface area contributed by atoms with Crippen LogP contribution in [0.4, 0.5) is 23.2 Å². The van der Waals surface area contributed by atoms with E-state index in [9.17, 15) is 22.8 Å². The minimum absolute atomic E-state index is 0.0119. The van der Waals surface area contributed by atoms with Gasteiger partial charge in [-0.3, -0.25) is 4.79 Å². The van der Waals surface area contributed by atoms with Gasteiger partial charge in [-0.2, -0.15) is 28.2 Å². The van der Waals surface area contributed by atoms with Crippen molar-refractivity contribution in [3.63, 3.8) is 0 Å². The van der Waals surface area contributed by atoms with Gasteiger partial charge in [0.15, 0.2) is 11.6 Å². The van der Waals surface area contributed by atoms with Crippen LogP contribution >= 0.6 is 0 Å². The number of pyridine rings is 1. The molecule has 1 fully saturated rings. The lowest BCUT2D eigenvalue weighted by molar-refractivity contribution is -0.139. The summed E-state index contributed by atoms with van der Waals surface area (Å²) < 4.78 is 79.2. The highest BCUT2D eigenvalue weighted by Crippen LogP contribution is 2.40. The molecule has 46 heavy (non-hydrogen) atoms. The van der Waals surface area contributed by atoms with Crippen LogP contribution in [0, 0.1) is 24.6 Å². The standard InChI is InChI=1S/C31H37F4N5O6/c1-18-6-8-21(9-7-18)29(41)40(22(16-43-3)17-44-4)26-12-25(32)27(11-23(26)30(42)45-5)46-28-24(31(33,34)35)10-20(14-36-28)15-39-37-13-19(2)38-39/h10-14,18,21-22H,6-9,15-17H2,1-5H3/t18-,21-. The Labute approximate surface area is 263 Å². The van der Waals surface area contributed by atoms with Crippen LogP contribution in [0.25, 0.3) is 0 Å². The molecule has 2 aromatic heterocycles. The second-order valence-electron chi connectivity index (χ2n) is 11.3. The van der Waals surface area contributed by atoms with Crippen LogP contribution in [-0.4, -0.2) is 72.4 Å². The first-order valence-corrected chi connectivity index (χ1v) is 14.7. The Bertz CT molecular complexity index is 1520. The molecule has 2 heterocycles. The summed E-state index contributed by atoms with van der Waals surface area (Å²) in [7, 11) is 3.94. The fourth-order valence-corrected chi connectivity index (χ4v) is 5.47. The first kappa shape index (κ1) is 34.8. The number of carbonyl (C=O) groups excluding carboxylic acids is 2. The average molecular weight is 652 g/mol. The van der Waals surface area contributed by atoms with Gasteiger partial charge in [0.05, 0.1) is 56.1 Å². The molecule has 4 rings (SSSR count). The minimum Gasteiger partial charge on any atom is -0.465 e. The highest BCUT2D eigenvalue weighted by molar-refractivity contribution is 6.04. The summed E-state index contributed by atoms with van der Waals surface area (Å²) in [6.45, 7) is 3.66. The normalized spacial score (nSPS) is 16.8. The van der Waals surface area contributed by atoms with Gasteiger partial charge in [-0.05, 0) is 50.2 Å². The van der Waals surface area contributed by atoms with Gasteiger partial charge in [0.2, 0.25) is 11.8 Å². The first-order chi connectivity index (χ1) is 21.9. The van der Waals surface area contributed by atoms with E-state index in [2.05, 4.69) is 22.1 Å². The largest absolute Gasteiger partial charge is 0.465 e. The SMILES string of the molecule is COCC(COC)N(c1cc(F)c(Oc2ncc(Cn3ncc(C)n3)cc2C(F)(F)F)cc1C(=O)OC)C(=O)[C@H]1CC[C@H](C)CC1. The molecule has 0 spiro atoms. The maximum absolute atomic E-state index is 15.8. The van der Waals surface area contributed by atoms with Crippen LogP contribution in [0.2, 0.25) is 0 Å². The zero-order valence-electron chi connectivity index (χ0n) is 26.3. The number of ether oxygens (including phenoxy) is 4. The van der Waals surface area contributed by atoms with Crippen LogP contribution in [0.1, 0.15) is 59.8 Å². The minimum atomic E-state index is -4.93. The Hall–Kier alpha value is -4.11. The predicted molar refractivity (Wildman–Crippen MR) is 157 cm³/mol. The second kappa shape index (κ2) is 15.0. The third-order valence-electron chi connectivity index (χ3n) is 7.80. The lowest BCUT2D eigenvalue weighted by atomic mass is 9.82. The van der Waals surface area contributed by atoms with Crippen molar-refractivity contribution in [1.82, 2.24) is 20.0 Å². The van der Waals surface area contributed by atoms with Gasteiger partial charge in [0.25, 0.3) is 0 Å². The summed E-state index contributed by atoms with van der Waals surface area (Å²) >= 11 is 0. The van der Waals surface area contributed by atoms with E-state index in [0.717, 1.165) is 44.3 Å². The van der Waals surface area contributed by atoms with Crippen molar-refractivity contribution in [2.75, 3.05) is 39.4 Å². The van der Waals surface area contributed by atoms with Crippen molar-refractivity contribution in [1.29, 1.82) is 0 Å². The predicted octanol–water partition coefficient (Wildman–Crippen LogP) is 5.59. The molecule has 0 atom stereocenters. The second-order valence-corrected chi connectivity index (χ2v) is 11.3. The van der Waals surface area contributed by atoms with Crippen molar-refractivity contribution < 1.29 is 46.1 Å². The first-order valence-electron chi connectivity index (χ1n) is 14.7. The molecular weight excluding hydrogens is 614 g/mol. The summed E-state index contributed by atoms with van der Waals surface area (Å²) in [6, 6.07) is 1.81. The van der Waals surface area contributed by atoms with Gasteiger partial charge >= 0.3 is 12.1 Å². The third-order valence-corrected chi connectivity index (χ3v) is 7.80. The fourth-order valence-electron chi connectivity index (χ4n) is 5.47. The van der Waals surface area contributed by atoms with Gasteiger partial charge in [-0.25, -0.2) is 14.2 Å². The van der Waals surface area contributed by atoms with Crippen molar-refractivity contribution in [2.24, 2.45) is 11.8 Å². The van der Waals surface area contributed by atoms with E-state index < -0.39 is 47.1 Å². The lowest BCUT2D eigenvalue weighted by Gasteiger charge is -2.36. The molecule has 1 aliphatic rings. The molecule has 0 unspecified atom stereocenters. The Morgan fingerprint density at radius 3 is 2.28 bits per heavy atom. The molecular formula is C31H37F4N5O6. The Morgan fingerprint density at radius 2 is 1.72 bits per heavy atom. The summed E-state index contributed by atoms with van der Waals surface area (Å²) in [5.41, 5.74) is -1.04. The number of esters is 1. The maximum atomic E-state index is 15.8. The lowest BCUT2D eigenvalue weighted by Crippen LogP contribution is -2.49. The van der Waals surface area contributed by atoms with Crippen LogP contribution in [-0.2, 0) is 31.7 Å². The zero-order chi connectivity index (χ0) is 33.6. The van der Waals surface area contributed by atoms with Crippen LogP contribution in [0.3, 0.4) is 0 Å². The molecule has 0 saturated heterocycles. The molecule has 1 saturated carbocycles. The number of methoxy groups -OCH3 is 3. The molecule has 1 aliphatic carbocycles. The Kier molecular flexibility index (Phi) is 11.3. The summed E-state index contributed by atoms with van der Waals surface area (Å²) in [5.74, 6) is -4.09. The Balaban J connectivity index is 1.77. The number of aromatic nitrogens is 4. The van der Waals surface area contributed by atoms with Crippen molar-refractivity contribution in [2.45, 2.75) is 58.3 Å². The number of halogens is 4. The monoisotopic (exact) mass is 651 g/mol. The highest BCUT2D eigenvalue weighted by Gasteiger charge is 2.38. The maximum Gasteiger partial charge on any atom is 0.421 e. The number of amides is 1. The van der Waals surface area contributed by atoms with Gasteiger partial charge in [-0.15, -0.1) is 0 Å². The van der Waals surface area contributed by atoms with Crippen molar-refractivity contribution >= 4 is 17.6 Å². The van der Waals surface area contributed by atoms with Crippen LogP contribution in [0.5, 0.6) is 11.6 Å². The van der Waals surface area contributed by atoms with E-state index in [1.165, 1.54) is 30.1 Å². The zero-order valence-corrected chi connectivity index (χ0v) is 26.3. The van der Waals surface area contributed by atoms with Gasteiger partial charge in [0, 0.05) is 38.5 Å². The van der Waals surface area contributed by atoms with Crippen LogP contribution in [0.15, 0.2) is 30.6 Å². The molecule has 0 radical (unpaired) electrons. The quantitative estimate of drug-likeness (QED) is 0.183. The number of hydrogen-bond donors (Lipinski definition) is 0. The molecule has 1 aromatic carbocycles. The number of aryl methyl sites for hydroxylation is 1. The number of nitrogens with zero attached hydrogens (tertiary/aromatic N) is 5. The molecule has 0 N–H and O–H groups in total. The summed E-state index contributed by atoms with van der Waals surface area (Å²) in [4.78, 5) is 33.4. The van der Waals surface area contributed by atoms with Gasteiger partial charge in [-0.1, -0.05) is 6.92 Å². The van der Waals surface area contributed by atoms with Gasteiger partial charge in [0.1, 0.15) is 5.56 Å². The summed E-state index contributed by atoms with van der Waals surface area (Å²) in [6.07, 6.45) is 0.485. The topological polar surface area (TPSA) is 118 Å². The van der Waals surface area contributed by atoms with E-state index in [-0.39, 0.29) is 42.5 Å². The summed E-state index contributed by atoms with van der Waals surface area (Å²) in [5, 5.41) is 8.04. The number of rotatable bonds is 12. The molecule has 0 bridgehead atoms. The molecule has 1 amide bonds. The Morgan fingerprint density at radius 1 is 1.04 bits per heavy atom. The molecule has 0 aliphatic heterocycles. The van der Waals surface area contributed by atoms with E-state index in [1.54, 1.807) is 6.92 Å². The van der Waals surface area contributed by atoms with E-state index in [0.29, 0.717) is 24.5 Å². The number of alkyl halides is 3. The van der Waals surface area contributed by atoms with Crippen molar-refractivity contribution in [3.05, 3.63) is 58.8 Å². The smallest absolute Gasteiger partial charge is 0.421 e. The molecule has 15 heteroatoms. The number of anilines is 1. The van der Waals surface area contributed by atoms with E-state index in [1.807, 2.05) is 0 Å². The number of carbonyl (C=O) groups is 2. The van der Waals surface area contributed by atoms with Crippen LogP contribution < -0.4 is 9.64 Å². The highest BCUT2D eigenvalue weighted by atomic mass is 19.4. The average Bonchev–Trinajstić information content (AvgIpc) is 3.42. The molecule has 11 nitrogen and oxygen atoms in total. The molecule has 3 aromatic rings. The third kappa shape index (κ3) is 8.18.